The van der Waals surface area contributed by atoms with Gasteiger partial charge in [0.2, 0.25) is 5.91 Å². The second kappa shape index (κ2) is 6.44. The quantitative estimate of drug-likeness (QED) is 0.835. The van der Waals surface area contributed by atoms with E-state index in [9.17, 15) is 4.79 Å². The molecule has 0 fully saturated rings. The van der Waals surface area contributed by atoms with Gasteiger partial charge >= 0.3 is 0 Å². The summed E-state index contributed by atoms with van der Waals surface area (Å²) in [6, 6.07) is 7.71. The zero-order valence-electron chi connectivity index (χ0n) is 12.7. The standard InChI is InChI=1S/C17H21ClN2O/c1-17(2,3)11-14(16(21)20-9-8-19-12-20)10-13-4-6-15(18)7-5-13/h4-9,12,14H,10-11H2,1-3H3. The topological polar surface area (TPSA) is 34.9 Å². The van der Waals surface area contributed by atoms with E-state index in [4.69, 9.17) is 11.6 Å². The fourth-order valence-electron chi connectivity index (χ4n) is 2.49. The molecule has 0 aliphatic rings. The molecule has 0 aliphatic carbocycles. The molecule has 112 valence electrons. The van der Waals surface area contributed by atoms with Gasteiger partial charge in [-0.05, 0) is 36.0 Å². The van der Waals surface area contributed by atoms with E-state index in [2.05, 4.69) is 25.8 Å². The van der Waals surface area contributed by atoms with Crippen LogP contribution >= 0.6 is 11.6 Å². The Morgan fingerprint density at radius 3 is 2.48 bits per heavy atom. The van der Waals surface area contributed by atoms with E-state index in [-0.39, 0.29) is 17.2 Å². The van der Waals surface area contributed by atoms with Gasteiger partial charge in [-0.3, -0.25) is 9.36 Å². The lowest BCUT2D eigenvalue weighted by Gasteiger charge is -2.25. The zero-order valence-corrected chi connectivity index (χ0v) is 13.5. The number of carbonyl (C=O) groups excluding carboxylic acids is 1. The lowest BCUT2D eigenvalue weighted by Crippen LogP contribution is -2.27. The maximum absolute atomic E-state index is 12.7. The van der Waals surface area contributed by atoms with Crippen LogP contribution in [0.15, 0.2) is 43.0 Å². The molecule has 0 aliphatic heterocycles. The van der Waals surface area contributed by atoms with E-state index in [1.165, 1.54) is 0 Å². The van der Waals surface area contributed by atoms with Crippen LogP contribution in [0.2, 0.25) is 5.02 Å². The number of rotatable bonds is 4. The van der Waals surface area contributed by atoms with Crippen LogP contribution in [-0.2, 0) is 6.42 Å². The van der Waals surface area contributed by atoms with Crippen molar-refractivity contribution in [2.45, 2.75) is 33.6 Å². The molecule has 0 spiro atoms. The van der Waals surface area contributed by atoms with Crippen molar-refractivity contribution >= 4 is 17.5 Å². The first kappa shape index (κ1) is 15.8. The highest BCUT2D eigenvalue weighted by Gasteiger charge is 2.26. The molecular weight excluding hydrogens is 284 g/mol. The largest absolute Gasteiger partial charge is 0.276 e. The molecule has 21 heavy (non-hydrogen) atoms. The summed E-state index contributed by atoms with van der Waals surface area (Å²) in [7, 11) is 0. The minimum Gasteiger partial charge on any atom is -0.276 e. The Morgan fingerprint density at radius 2 is 1.95 bits per heavy atom. The SMILES string of the molecule is CC(C)(C)CC(Cc1ccc(Cl)cc1)C(=O)n1ccnc1. The Kier molecular flexibility index (Phi) is 4.84. The van der Waals surface area contributed by atoms with Crippen LogP contribution in [0.4, 0.5) is 0 Å². The normalized spacial score (nSPS) is 13.1. The smallest absolute Gasteiger partial charge is 0.235 e. The molecule has 2 rings (SSSR count). The Hall–Kier alpha value is -1.61. The predicted octanol–water partition coefficient (Wildman–Crippen LogP) is 4.47. The van der Waals surface area contributed by atoms with Crippen molar-refractivity contribution in [3.05, 3.63) is 53.6 Å². The molecule has 1 aromatic heterocycles. The van der Waals surface area contributed by atoms with Gasteiger partial charge in [0.05, 0.1) is 0 Å². The number of halogens is 1. The summed E-state index contributed by atoms with van der Waals surface area (Å²) in [5.74, 6) is 0.0257. The third-order valence-corrected chi connectivity index (χ3v) is 3.61. The molecule has 2 aromatic rings. The maximum Gasteiger partial charge on any atom is 0.235 e. The van der Waals surface area contributed by atoms with Crippen LogP contribution in [0, 0.1) is 11.3 Å². The molecule has 4 heteroatoms. The molecule has 1 atom stereocenters. The van der Waals surface area contributed by atoms with Crippen molar-refractivity contribution in [3.63, 3.8) is 0 Å². The molecule has 0 saturated heterocycles. The fraction of sp³-hybridized carbons (Fsp3) is 0.412. The molecule has 1 heterocycles. The van der Waals surface area contributed by atoms with Crippen LogP contribution in [0.3, 0.4) is 0 Å². The van der Waals surface area contributed by atoms with Crippen LogP contribution < -0.4 is 0 Å². The molecule has 0 bridgehead atoms. The minimum atomic E-state index is -0.0691. The molecule has 1 aromatic carbocycles. The van der Waals surface area contributed by atoms with E-state index in [0.29, 0.717) is 11.4 Å². The van der Waals surface area contributed by atoms with Gasteiger partial charge in [0, 0.05) is 23.3 Å². The number of hydrogen-bond acceptors (Lipinski definition) is 2. The van der Waals surface area contributed by atoms with E-state index in [1.807, 2.05) is 24.3 Å². The van der Waals surface area contributed by atoms with Gasteiger partial charge in [-0.25, -0.2) is 4.98 Å². The van der Waals surface area contributed by atoms with Gasteiger partial charge in [0.15, 0.2) is 0 Å². The van der Waals surface area contributed by atoms with E-state index >= 15 is 0 Å². The number of benzene rings is 1. The highest BCUT2D eigenvalue weighted by molar-refractivity contribution is 6.30. The molecule has 0 N–H and O–H groups in total. The second-order valence-electron chi connectivity index (χ2n) is 6.60. The summed E-state index contributed by atoms with van der Waals surface area (Å²) in [6.07, 6.45) is 6.45. The summed E-state index contributed by atoms with van der Waals surface area (Å²) < 4.78 is 1.58. The minimum absolute atomic E-state index is 0.0691. The van der Waals surface area contributed by atoms with Gasteiger partial charge in [-0.15, -0.1) is 0 Å². The van der Waals surface area contributed by atoms with Gasteiger partial charge < -0.3 is 0 Å². The molecule has 0 saturated carbocycles. The first-order chi connectivity index (χ1) is 9.85. The first-order valence-electron chi connectivity index (χ1n) is 7.12. The molecule has 0 amide bonds. The van der Waals surface area contributed by atoms with Crippen molar-refractivity contribution in [2.24, 2.45) is 11.3 Å². The highest BCUT2D eigenvalue weighted by Crippen LogP contribution is 2.28. The van der Waals surface area contributed by atoms with Gasteiger partial charge in [-0.2, -0.15) is 0 Å². The maximum atomic E-state index is 12.7. The molecule has 3 nitrogen and oxygen atoms in total. The first-order valence-corrected chi connectivity index (χ1v) is 7.49. The van der Waals surface area contributed by atoms with E-state index in [1.54, 1.807) is 23.3 Å². The highest BCUT2D eigenvalue weighted by atomic mass is 35.5. The average molecular weight is 305 g/mol. The summed E-state index contributed by atoms with van der Waals surface area (Å²) in [6.45, 7) is 6.47. The van der Waals surface area contributed by atoms with Crippen LogP contribution in [0.5, 0.6) is 0 Å². The number of imidazole rings is 1. The number of aromatic nitrogens is 2. The third-order valence-electron chi connectivity index (χ3n) is 3.36. The van der Waals surface area contributed by atoms with Crippen molar-refractivity contribution < 1.29 is 4.79 Å². The summed E-state index contributed by atoms with van der Waals surface area (Å²) in [4.78, 5) is 16.6. The Labute approximate surface area is 131 Å². The lowest BCUT2D eigenvalue weighted by atomic mass is 9.81. The fourth-order valence-corrected chi connectivity index (χ4v) is 2.62. The van der Waals surface area contributed by atoms with Crippen molar-refractivity contribution in [1.29, 1.82) is 0 Å². The number of hydrogen-bond donors (Lipinski definition) is 0. The van der Waals surface area contributed by atoms with Crippen LogP contribution in [0.1, 0.15) is 37.6 Å². The summed E-state index contributed by atoms with van der Waals surface area (Å²) in [5, 5.41) is 0.715. The van der Waals surface area contributed by atoms with Crippen LogP contribution in [-0.4, -0.2) is 15.5 Å². The summed E-state index contributed by atoms with van der Waals surface area (Å²) in [5.41, 5.74) is 1.22. The molecular formula is C17H21ClN2O. The Bertz CT molecular complexity index is 582. The summed E-state index contributed by atoms with van der Waals surface area (Å²) >= 11 is 5.92. The average Bonchev–Trinajstić information content (AvgIpc) is 2.92. The number of carbonyl (C=O) groups is 1. The second-order valence-corrected chi connectivity index (χ2v) is 7.04. The number of nitrogens with zero attached hydrogens (tertiary/aromatic N) is 2. The zero-order chi connectivity index (χ0) is 15.5. The van der Waals surface area contributed by atoms with E-state index in [0.717, 1.165) is 12.0 Å². The predicted molar refractivity (Wildman–Crippen MR) is 85.6 cm³/mol. The van der Waals surface area contributed by atoms with Crippen molar-refractivity contribution in [1.82, 2.24) is 9.55 Å². The van der Waals surface area contributed by atoms with E-state index < -0.39 is 0 Å². The van der Waals surface area contributed by atoms with Gasteiger partial charge in [0.25, 0.3) is 0 Å². The molecule has 1 unspecified atom stereocenters. The molecule has 0 radical (unpaired) electrons. The Morgan fingerprint density at radius 1 is 1.29 bits per heavy atom. The monoisotopic (exact) mass is 304 g/mol. The Balaban J connectivity index is 2.19. The third kappa shape index (κ3) is 4.71. The van der Waals surface area contributed by atoms with Gasteiger partial charge in [0.1, 0.15) is 6.33 Å². The van der Waals surface area contributed by atoms with Crippen LogP contribution in [0.25, 0.3) is 0 Å². The lowest BCUT2D eigenvalue weighted by molar-refractivity contribution is 0.0794. The van der Waals surface area contributed by atoms with Gasteiger partial charge in [-0.1, -0.05) is 44.5 Å². The van der Waals surface area contributed by atoms with Crippen molar-refractivity contribution in [2.75, 3.05) is 0 Å². The van der Waals surface area contributed by atoms with Crippen molar-refractivity contribution in [3.8, 4) is 0 Å².